The van der Waals surface area contributed by atoms with Crippen LogP contribution >= 0.6 is 15.9 Å². The van der Waals surface area contributed by atoms with E-state index in [1.807, 2.05) is 18.2 Å². The van der Waals surface area contributed by atoms with E-state index in [4.69, 9.17) is 0 Å². The van der Waals surface area contributed by atoms with Crippen molar-refractivity contribution in [2.24, 2.45) is 0 Å². The average Bonchev–Trinajstić information content (AvgIpc) is 2.96. The predicted octanol–water partition coefficient (Wildman–Crippen LogP) is 5.15. The van der Waals surface area contributed by atoms with E-state index >= 15 is 0 Å². The zero-order valence-corrected chi connectivity index (χ0v) is 14.6. The normalized spacial score (nSPS) is 18.8. The van der Waals surface area contributed by atoms with Crippen molar-refractivity contribution in [3.8, 4) is 0 Å². The van der Waals surface area contributed by atoms with Crippen LogP contribution in [-0.2, 0) is 12.7 Å². The van der Waals surface area contributed by atoms with Gasteiger partial charge in [0.25, 0.3) is 0 Å². The highest BCUT2D eigenvalue weighted by Crippen LogP contribution is 2.37. The smallest absolute Gasteiger partial charge is 0.380 e. The van der Waals surface area contributed by atoms with E-state index < -0.39 is 11.7 Å². The summed E-state index contributed by atoms with van der Waals surface area (Å²) in [4.78, 5) is 2.26. The maximum atomic E-state index is 13.2. The van der Waals surface area contributed by atoms with Crippen molar-refractivity contribution in [1.82, 2.24) is 4.90 Å². The van der Waals surface area contributed by atoms with Gasteiger partial charge in [0.1, 0.15) is 0 Å². The van der Waals surface area contributed by atoms with E-state index in [0.29, 0.717) is 4.47 Å². The number of halogens is 4. The number of rotatable bonds is 4. The molecule has 2 aromatic rings. The van der Waals surface area contributed by atoms with Crippen LogP contribution in [-0.4, -0.2) is 24.0 Å². The third-order valence-electron chi connectivity index (χ3n) is 4.17. The summed E-state index contributed by atoms with van der Waals surface area (Å²) in [6, 6.07) is 14.4. The Balaban J connectivity index is 1.66. The van der Waals surface area contributed by atoms with E-state index in [-0.39, 0.29) is 11.7 Å². The van der Waals surface area contributed by atoms with Crippen LogP contribution in [0.1, 0.15) is 17.5 Å². The fourth-order valence-corrected chi connectivity index (χ4v) is 3.39. The van der Waals surface area contributed by atoms with Crippen molar-refractivity contribution in [3.63, 3.8) is 0 Å². The van der Waals surface area contributed by atoms with Crippen molar-refractivity contribution in [1.29, 1.82) is 0 Å². The predicted molar refractivity (Wildman–Crippen MR) is 92.9 cm³/mol. The zero-order chi connectivity index (χ0) is 17.2. The SMILES string of the molecule is FC(F)(F)c1cc(Br)ccc1NC1CCN(Cc2ccccc2)C1. The second-order valence-electron chi connectivity index (χ2n) is 6.04. The molecule has 1 heterocycles. The topological polar surface area (TPSA) is 15.3 Å². The third kappa shape index (κ3) is 4.30. The van der Waals surface area contributed by atoms with Gasteiger partial charge in [-0.2, -0.15) is 13.2 Å². The lowest BCUT2D eigenvalue weighted by Crippen LogP contribution is -2.27. The lowest BCUT2D eigenvalue weighted by atomic mass is 10.1. The van der Waals surface area contributed by atoms with Crippen LogP contribution in [0.3, 0.4) is 0 Å². The fraction of sp³-hybridized carbons (Fsp3) is 0.333. The number of hydrogen-bond acceptors (Lipinski definition) is 2. The molecule has 0 aliphatic carbocycles. The summed E-state index contributed by atoms with van der Waals surface area (Å²) < 4.78 is 40.0. The van der Waals surface area contributed by atoms with Gasteiger partial charge in [-0.1, -0.05) is 46.3 Å². The highest BCUT2D eigenvalue weighted by molar-refractivity contribution is 9.10. The molecule has 1 atom stereocenters. The Labute approximate surface area is 147 Å². The molecular formula is C18H18BrF3N2. The fourth-order valence-electron chi connectivity index (χ4n) is 3.03. The summed E-state index contributed by atoms with van der Waals surface area (Å²) in [6.45, 7) is 2.44. The Morgan fingerprint density at radius 1 is 1.12 bits per heavy atom. The molecule has 128 valence electrons. The molecule has 1 N–H and O–H groups in total. The number of likely N-dealkylation sites (tertiary alicyclic amines) is 1. The first-order valence-corrected chi connectivity index (χ1v) is 8.61. The summed E-state index contributed by atoms with van der Waals surface area (Å²) in [5.41, 5.74) is 0.744. The van der Waals surface area contributed by atoms with Gasteiger partial charge in [0.15, 0.2) is 0 Å². The first-order valence-electron chi connectivity index (χ1n) is 7.81. The molecule has 0 radical (unpaired) electrons. The van der Waals surface area contributed by atoms with Crippen molar-refractivity contribution in [2.75, 3.05) is 18.4 Å². The molecule has 0 spiro atoms. The molecule has 0 aromatic heterocycles. The third-order valence-corrected chi connectivity index (χ3v) is 4.66. The molecule has 1 saturated heterocycles. The molecule has 2 nitrogen and oxygen atoms in total. The maximum Gasteiger partial charge on any atom is 0.418 e. The van der Waals surface area contributed by atoms with Gasteiger partial charge >= 0.3 is 6.18 Å². The molecule has 2 aromatic carbocycles. The van der Waals surface area contributed by atoms with Gasteiger partial charge in [-0.15, -0.1) is 0 Å². The maximum absolute atomic E-state index is 13.2. The largest absolute Gasteiger partial charge is 0.418 e. The zero-order valence-electron chi connectivity index (χ0n) is 13.0. The lowest BCUT2D eigenvalue weighted by molar-refractivity contribution is -0.137. The summed E-state index contributed by atoms with van der Waals surface area (Å²) in [7, 11) is 0. The number of hydrogen-bond donors (Lipinski definition) is 1. The number of nitrogens with one attached hydrogen (secondary N) is 1. The first kappa shape index (κ1) is 17.3. The minimum atomic E-state index is -4.37. The van der Waals surface area contributed by atoms with Crippen LogP contribution in [0.15, 0.2) is 53.0 Å². The molecule has 0 saturated carbocycles. The van der Waals surface area contributed by atoms with Crippen molar-refractivity contribution in [2.45, 2.75) is 25.2 Å². The monoisotopic (exact) mass is 398 g/mol. The molecule has 6 heteroatoms. The molecule has 1 aliphatic heterocycles. The average molecular weight is 399 g/mol. The molecule has 0 amide bonds. The van der Waals surface area contributed by atoms with Crippen molar-refractivity contribution in [3.05, 3.63) is 64.1 Å². The number of alkyl halides is 3. The van der Waals surface area contributed by atoms with Gasteiger partial charge in [-0.25, -0.2) is 0 Å². The van der Waals surface area contributed by atoms with Crippen molar-refractivity contribution >= 4 is 21.6 Å². The Morgan fingerprint density at radius 2 is 1.88 bits per heavy atom. The highest BCUT2D eigenvalue weighted by Gasteiger charge is 2.34. The van der Waals surface area contributed by atoms with Gasteiger partial charge < -0.3 is 5.32 Å². The molecule has 1 fully saturated rings. The Bertz CT molecular complexity index is 688. The van der Waals surface area contributed by atoms with E-state index in [0.717, 1.165) is 32.1 Å². The quantitative estimate of drug-likeness (QED) is 0.765. The second-order valence-corrected chi connectivity index (χ2v) is 6.95. The standard InChI is InChI=1S/C18H18BrF3N2/c19-14-6-7-17(16(10-14)18(20,21)22)23-15-8-9-24(12-15)11-13-4-2-1-3-5-13/h1-7,10,15,23H,8-9,11-12H2. The van der Waals surface area contributed by atoms with Crippen LogP contribution in [0.5, 0.6) is 0 Å². The van der Waals surface area contributed by atoms with Crippen LogP contribution in [0.4, 0.5) is 18.9 Å². The molecule has 1 unspecified atom stereocenters. The summed E-state index contributed by atoms with van der Waals surface area (Å²) in [6.07, 6.45) is -3.53. The first-order chi connectivity index (χ1) is 11.4. The number of nitrogens with zero attached hydrogens (tertiary/aromatic N) is 1. The van der Waals surface area contributed by atoms with Gasteiger partial charge in [-0.3, -0.25) is 4.90 Å². The molecule has 3 rings (SSSR count). The number of benzene rings is 2. The van der Waals surface area contributed by atoms with E-state index in [1.165, 1.54) is 11.6 Å². The summed E-state index contributed by atoms with van der Waals surface area (Å²) >= 11 is 3.11. The van der Waals surface area contributed by atoms with E-state index in [1.54, 1.807) is 6.07 Å². The van der Waals surface area contributed by atoms with Crippen LogP contribution in [0, 0.1) is 0 Å². The Morgan fingerprint density at radius 3 is 2.58 bits per heavy atom. The van der Waals surface area contributed by atoms with Crippen LogP contribution < -0.4 is 5.32 Å². The minimum absolute atomic E-state index is 0.0241. The molecular weight excluding hydrogens is 381 g/mol. The van der Waals surface area contributed by atoms with Gasteiger partial charge in [0.05, 0.1) is 5.56 Å². The minimum Gasteiger partial charge on any atom is -0.380 e. The summed E-state index contributed by atoms with van der Waals surface area (Å²) in [5, 5.41) is 3.08. The van der Waals surface area contributed by atoms with E-state index in [2.05, 4.69) is 38.3 Å². The lowest BCUT2D eigenvalue weighted by Gasteiger charge is -2.20. The van der Waals surface area contributed by atoms with Gasteiger partial charge in [0, 0.05) is 35.8 Å². The van der Waals surface area contributed by atoms with Crippen LogP contribution in [0.2, 0.25) is 0 Å². The molecule has 0 bridgehead atoms. The van der Waals surface area contributed by atoms with Gasteiger partial charge in [-0.05, 0) is 30.2 Å². The van der Waals surface area contributed by atoms with Crippen LogP contribution in [0.25, 0.3) is 0 Å². The van der Waals surface area contributed by atoms with Crippen molar-refractivity contribution < 1.29 is 13.2 Å². The van der Waals surface area contributed by atoms with Gasteiger partial charge in [0.2, 0.25) is 0 Å². The number of anilines is 1. The summed E-state index contributed by atoms with van der Waals surface area (Å²) in [5.74, 6) is 0. The van der Waals surface area contributed by atoms with E-state index in [9.17, 15) is 13.2 Å². The second kappa shape index (κ2) is 7.15. The Hall–Kier alpha value is -1.53. The Kier molecular flexibility index (Phi) is 5.15. The highest BCUT2D eigenvalue weighted by atomic mass is 79.9. The molecule has 1 aliphatic rings. The molecule has 24 heavy (non-hydrogen) atoms.